The van der Waals surface area contributed by atoms with Crippen molar-refractivity contribution in [2.45, 2.75) is 38.6 Å². The molecule has 1 aromatic carbocycles. The van der Waals surface area contributed by atoms with E-state index in [1.54, 1.807) is 18.2 Å². The molecule has 0 bridgehead atoms. The molecule has 6 heteroatoms. The second kappa shape index (κ2) is 6.39. The van der Waals surface area contributed by atoms with Crippen LogP contribution in [0.25, 0.3) is 0 Å². The van der Waals surface area contributed by atoms with Gasteiger partial charge in [0, 0.05) is 11.3 Å². The molecule has 1 aliphatic heterocycles. The molecule has 21 heavy (non-hydrogen) atoms. The summed E-state index contributed by atoms with van der Waals surface area (Å²) in [4.78, 5) is 34.5. The number of carboxylic acid groups (broad SMARTS) is 1. The molecule has 0 radical (unpaired) electrons. The van der Waals surface area contributed by atoms with Gasteiger partial charge >= 0.3 is 5.97 Å². The van der Waals surface area contributed by atoms with Crippen LogP contribution in [0, 0.1) is 0 Å². The lowest BCUT2D eigenvalue weighted by Gasteiger charge is -2.14. The molecule has 0 unspecified atom stereocenters. The molecule has 0 aliphatic carbocycles. The normalized spacial score (nSPS) is 14.2. The lowest BCUT2D eigenvalue weighted by molar-refractivity contribution is -0.139. The van der Waals surface area contributed by atoms with Gasteiger partial charge in [0.15, 0.2) is 0 Å². The SMILES string of the molecule is CCCC[C@H](NC(=O)c1ccc2c(c1)NC(=O)C2)C(=O)O. The molecule has 0 fully saturated rings. The predicted molar refractivity (Wildman–Crippen MR) is 77.2 cm³/mol. The fourth-order valence-corrected chi connectivity index (χ4v) is 2.26. The van der Waals surface area contributed by atoms with E-state index in [4.69, 9.17) is 5.11 Å². The number of carboxylic acids is 1. The maximum Gasteiger partial charge on any atom is 0.326 e. The van der Waals surface area contributed by atoms with Gasteiger partial charge in [-0.15, -0.1) is 0 Å². The van der Waals surface area contributed by atoms with E-state index in [9.17, 15) is 14.4 Å². The average Bonchev–Trinajstić information content (AvgIpc) is 2.81. The summed E-state index contributed by atoms with van der Waals surface area (Å²) in [6.07, 6.45) is 2.31. The van der Waals surface area contributed by atoms with Crippen LogP contribution < -0.4 is 10.6 Å². The van der Waals surface area contributed by atoms with Crippen molar-refractivity contribution < 1.29 is 19.5 Å². The number of nitrogens with one attached hydrogen (secondary N) is 2. The number of hydrogen-bond donors (Lipinski definition) is 3. The molecule has 2 rings (SSSR count). The number of carbonyl (C=O) groups is 3. The lowest BCUT2D eigenvalue weighted by Crippen LogP contribution is -2.40. The van der Waals surface area contributed by atoms with E-state index in [-0.39, 0.29) is 5.91 Å². The van der Waals surface area contributed by atoms with Crippen molar-refractivity contribution >= 4 is 23.5 Å². The smallest absolute Gasteiger partial charge is 0.326 e. The molecule has 112 valence electrons. The first kappa shape index (κ1) is 15.0. The first-order valence-corrected chi connectivity index (χ1v) is 6.97. The standard InChI is InChI=1S/C15H18N2O4/c1-2-3-4-11(15(20)21)17-14(19)10-6-5-9-8-13(18)16-12(9)7-10/h5-7,11H,2-4,8H2,1H3,(H,16,18)(H,17,19)(H,20,21)/t11-/m0/s1. The minimum absolute atomic E-state index is 0.103. The third kappa shape index (κ3) is 3.59. The van der Waals surface area contributed by atoms with E-state index in [1.807, 2.05) is 6.92 Å². The number of rotatable bonds is 6. The number of aliphatic carboxylic acids is 1. The molecule has 0 saturated carbocycles. The van der Waals surface area contributed by atoms with Gasteiger partial charge in [0.2, 0.25) is 5.91 Å². The maximum absolute atomic E-state index is 12.1. The molecular formula is C15H18N2O4. The largest absolute Gasteiger partial charge is 0.480 e. The Kier molecular flexibility index (Phi) is 4.57. The Hall–Kier alpha value is -2.37. The molecule has 3 N–H and O–H groups in total. The molecular weight excluding hydrogens is 272 g/mol. The van der Waals surface area contributed by atoms with Gasteiger partial charge < -0.3 is 15.7 Å². The molecule has 1 atom stereocenters. The maximum atomic E-state index is 12.1. The van der Waals surface area contributed by atoms with Crippen molar-refractivity contribution in [1.82, 2.24) is 5.32 Å². The van der Waals surface area contributed by atoms with Gasteiger partial charge in [0.25, 0.3) is 5.91 Å². The van der Waals surface area contributed by atoms with Crippen LogP contribution in [0.5, 0.6) is 0 Å². The first-order chi connectivity index (χ1) is 10.0. The highest BCUT2D eigenvalue weighted by molar-refractivity contribution is 6.02. The number of unbranched alkanes of at least 4 members (excludes halogenated alkanes) is 1. The Labute approximate surface area is 122 Å². The third-order valence-electron chi connectivity index (χ3n) is 3.45. The Bertz CT molecular complexity index is 583. The fourth-order valence-electron chi connectivity index (χ4n) is 2.26. The zero-order valence-corrected chi connectivity index (χ0v) is 11.8. The second-order valence-electron chi connectivity index (χ2n) is 5.10. The Balaban J connectivity index is 2.07. The van der Waals surface area contributed by atoms with E-state index in [2.05, 4.69) is 10.6 Å². The van der Waals surface area contributed by atoms with Crippen LogP contribution in [-0.4, -0.2) is 28.9 Å². The summed E-state index contributed by atoms with van der Waals surface area (Å²) in [5, 5.41) is 14.3. The molecule has 1 heterocycles. The van der Waals surface area contributed by atoms with Crippen molar-refractivity contribution in [3.8, 4) is 0 Å². The number of amides is 2. The summed E-state index contributed by atoms with van der Waals surface area (Å²) < 4.78 is 0. The molecule has 0 aromatic heterocycles. The molecule has 2 amide bonds. The molecule has 0 spiro atoms. The van der Waals surface area contributed by atoms with Gasteiger partial charge in [-0.25, -0.2) is 4.79 Å². The predicted octanol–water partition coefficient (Wildman–Crippen LogP) is 1.55. The molecule has 1 aromatic rings. The highest BCUT2D eigenvalue weighted by Crippen LogP contribution is 2.24. The topological polar surface area (TPSA) is 95.5 Å². The van der Waals surface area contributed by atoms with Crippen LogP contribution in [0.4, 0.5) is 5.69 Å². The zero-order chi connectivity index (χ0) is 15.4. The molecule has 0 saturated heterocycles. The number of hydrogen-bond acceptors (Lipinski definition) is 3. The zero-order valence-electron chi connectivity index (χ0n) is 11.8. The third-order valence-corrected chi connectivity index (χ3v) is 3.45. The van der Waals surface area contributed by atoms with Gasteiger partial charge in [-0.05, 0) is 24.1 Å². The van der Waals surface area contributed by atoms with E-state index in [0.29, 0.717) is 24.1 Å². The van der Waals surface area contributed by atoms with Crippen molar-refractivity contribution in [3.63, 3.8) is 0 Å². The summed E-state index contributed by atoms with van der Waals surface area (Å²) in [6, 6.07) is 4.01. The van der Waals surface area contributed by atoms with Crippen LogP contribution in [0.3, 0.4) is 0 Å². The lowest BCUT2D eigenvalue weighted by atomic mass is 10.1. The summed E-state index contributed by atoms with van der Waals surface area (Å²) >= 11 is 0. The number of benzene rings is 1. The van der Waals surface area contributed by atoms with Crippen LogP contribution in [0.2, 0.25) is 0 Å². The van der Waals surface area contributed by atoms with Crippen molar-refractivity contribution in [1.29, 1.82) is 0 Å². The van der Waals surface area contributed by atoms with Crippen molar-refractivity contribution in [2.75, 3.05) is 5.32 Å². The summed E-state index contributed by atoms with van der Waals surface area (Å²) in [7, 11) is 0. The van der Waals surface area contributed by atoms with Crippen molar-refractivity contribution in [3.05, 3.63) is 29.3 Å². The van der Waals surface area contributed by atoms with Crippen molar-refractivity contribution in [2.24, 2.45) is 0 Å². The number of carbonyl (C=O) groups excluding carboxylic acids is 2. The second-order valence-corrected chi connectivity index (χ2v) is 5.10. The highest BCUT2D eigenvalue weighted by atomic mass is 16.4. The Morgan fingerprint density at radius 3 is 2.86 bits per heavy atom. The highest BCUT2D eigenvalue weighted by Gasteiger charge is 2.22. The van der Waals surface area contributed by atoms with Crippen LogP contribution >= 0.6 is 0 Å². The number of anilines is 1. The van der Waals surface area contributed by atoms with E-state index >= 15 is 0 Å². The van der Waals surface area contributed by atoms with E-state index < -0.39 is 17.9 Å². The fraction of sp³-hybridized carbons (Fsp3) is 0.400. The van der Waals surface area contributed by atoms with Gasteiger partial charge in [0.1, 0.15) is 6.04 Å². The van der Waals surface area contributed by atoms with Crippen LogP contribution in [-0.2, 0) is 16.0 Å². The minimum atomic E-state index is -1.04. The summed E-state index contributed by atoms with van der Waals surface area (Å²) in [6.45, 7) is 1.96. The molecule has 1 aliphatic rings. The Morgan fingerprint density at radius 2 is 2.19 bits per heavy atom. The summed E-state index contributed by atoms with van der Waals surface area (Å²) in [5.74, 6) is -1.58. The van der Waals surface area contributed by atoms with Gasteiger partial charge in [-0.3, -0.25) is 9.59 Å². The van der Waals surface area contributed by atoms with Crippen LogP contribution in [0.1, 0.15) is 42.1 Å². The summed E-state index contributed by atoms with van der Waals surface area (Å²) in [5.41, 5.74) is 1.81. The number of fused-ring (bicyclic) bond motifs is 1. The quantitative estimate of drug-likeness (QED) is 0.740. The first-order valence-electron chi connectivity index (χ1n) is 6.97. The van der Waals surface area contributed by atoms with Gasteiger partial charge in [-0.1, -0.05) is 25.8 Å². The van der Waals surface area contributed by atoms with Gasteiger partial charge in [0.05, 0.1) is 6.42 Å². The van der Waals surface area contributed by atoms with E-state index in [0.717, 1.165) is 18.4 Å². The average molecular weight is 290 g/mol. The van der Waals surface area contributed by atoms with Crippen LogP contribution in [0.15, 0.2) is 18.2 Å². The van der Waals surface area contributed by atoms with Gasteiger partial charge in [-0.2, -0.15) is 0 Å². The molecule has 6 nitrogen and oxygen atoms in total. The van der Waals surface area contributed by atoms with E-state index in [1.165, 1.54) is 0 Å². The Morgan fingerprint density at radius 1 is 1.43 bits per heavy atom. The monoisotopic (exact) mass is 290 g/mol. The minimum Gasteiger partial charge on any atom is -0.480 e.